The number of hydrazone groups is 1. The minimum atomic E-state index is -0.563. The monoisotopic (exact) mass is 420 g/mol. The number of benzene rings is 3. The lowest BCUT2D eigenvalue weighted by Gasteiger charge is -2.13. The molecule has 6 heteroatoms. The molecule has 2 atom stereocenters. The third-order valence-corrected chi connectivity index (χ3v) is 6.39. The van der Waals surface area contributed by atoms with Gasteiger partial charge in [-0.25, -0.2) is 5.43 Å². The second-order valence-corrected chi connectivity index (χ2v) is 8.30. The number of hydrogen-bond donors (Lipinski definition) is 2. The Labute approximate surface area is 184 Å². The van der Waals surface area contributed by atoms with Crippen LogP contribution in [0.5, 0.6) is 0 Å². The summed E-state index contributed by atoms with van der Waals surface area (Å²) in [6.07, 6.45) is 2.69. The lowest BCUT2D eigenvalue weighted by Crippen LogP contribution is -2.18. The topological polar surface area (TPSA) is 89.5 Å². The average molecular weight is 420 g/mol. The van der Waals surface area contributed by atoms with Gasteiger partial charge in [0.05, 0.1) is 23.0 Å². The predicted octanol–water partition coefficient (Wildman–Crippen LogP) is 4.21. The number of rotatable bonds is 4. The van der Waals surface area contributed by atoms with E-state index in [2.05, 4.69) is 51.5 Å². The van der Waals surface area contributed by atoms with Crippen molar-refractivity contribution < 1.29 is 9.59 Å². The molecule has 0 saturated heterocycles. The van der Waals surface area contributed by atoms with Crippen LogP contribution in [0, 0.1) is 0 Å². The first-order valence-corrected chi connectivity index (χ1v) is 10.6. The molecule has 1 fully saturated rings. The van der Waals surface area contributed by atoms with Gasteiger partial charge in [0.2, 0.25) is 5.91 Å². The van der Waals surface area contributed by atoms with Crippen LogP contribution in [-0.4, -0.2) is 22.6 Å². The SMILES string of the molecule is NC(=O)c1cc2c3c(c(-c4ccccc4)n(C4CC4c4ccccc4)c3c1)C=NNC2=O. The van der Waals surface area contributed by atoms with E-state index in [1.807, 2.05) is 30.3 Å². The molecule has 6 rings (SSSR count). The number of carbonyl (C=O) groups excluding carboxylic acids is 2. The molecule has 6 nitrogen and oxygen atoms in total. The summed E-state index contributed by atoms with van der Waals surface area (Å²) in [6, 6.07) is 24.1. The van der Waals surface area contributed by atoms with Crippen molar-refractivity contribution >= 4 is 28.9 Å². The predicted molar refractivity (Wildman–Crippen MR) is 124 cm³/mol. The Morgan fingerprint density at radius 1 is 1.03 bits per heavy atom. The van der Waals surface area contributed by atoms with Gasteiger partial charge in [0, 0.05) is 28.5 Å². The van der Waals surface area contributed by atoms with Crippen molar-refractivity contribution in [3.8, 4) is 11.3 Å². The Morgan fingerprint density at radius 3 is 2.47 bits per heavy atom. The number of primary amides is 1. The molecule has 1 aliphatic carbocycles. The van der Waals surface area contributed by atoms with Gasteiger partial charge in [-0.1, -0.05) is 60.7 Å². The third kappa shape index (κ3) is 2.76. The summed E-state index contributed by atoms with van der Waals surface area (Å²) < 4.78 is 2.28. The maximum Gasteiger partial charge on any atom is 0.272 e. The van der Waals surface area contributed by atoms with Gasteiger partial charge in [0.25, 0.3) is 5.91 Å². The molecule has 2 heterocycles. The zero-order valence-electron chi connectivity index (χ0n) is 17.2. The van der Waals surface area contributed by atoms with Gasteiger partial charge in [0.1, 0.15) is 0 Å². The maximum absolute atomic E-state index is 12.8. The van der Waals surface area contributed by atoms with E-state index in [-0.39, 0.29) is 11.9 Å². The molecular weight excluding hydrogens is 400 g/mol. The van der Waals surface area contributed by atoms with E-state index in [9.17, 15) is 9.59 Å². The van der Waals surface area contributed by atoms with Crippen molar-refractivity contribution in [3.05, 3.63) is 95.1 Å². The molecule has 0 bridgehead atoms. The Balaban J connectivity index is 1.68. The lowest BCUT2D eigenvalue weighted by molar-refractivity contribution is 0.0957. The molecule has 2 aliphatic rings. The van der Waals surface area contributed by atoms with Crippen LogP contribution in [0.2, 0.25) is 0 Å². The Morgan fingerprint density at radius 2 is 1.75 bits per heavy atom. The Kier molecular flexibility index (Phi) is 4.01. The third-order valence-electron chi connectivity index (χ3n) is 6.39. The van der Waals surface area contributed by atoms with Crippen molar-refractivity contribution in [1.29, 1.82) is 0 Å². The van der Waals surface area contributed by atoms with Gasteiger partial charge in [-0.3, -0.25) is 9.59 Å². The van der Waals surface area contributed by atoms with Crippen LogP contribution in [0.1, 0.15) is 50.2 Å². The molecule has 156 valence electrons. The zero-order valence-corrected chi connectivity index (χ0v) is 17.2. The van der Waals surface area contributed by atoms with Crippen LogP contribution in [0.4, 0.5) is 0 Å². The molecule has 2 amide bonds. The smallest absolute Gasteiger partial charge is 0.272 e. The van der Waals surface area contributed by atoms with Gasteiger partial charge in [-0.2, -0.15) is 5.10 Å². The quantitative estimate of drug-likeness (QED) is 0.518. The summed E-state index contributed by atoms with van der Waals surface area (Å²) in [5.74, 6) is -0.552. The molecule has 3 N–H and O–H groups in total. The van der Waals surface area contributed by atoms with Crippen molar-refractivity contribution in [2.75, 3.05) is 0 Å². The fraction of sp³-hybridized carbons (Fsp3) is 0.115. The first kappa shape index (κ1) is 18.6. The van der Waals surface area contributed by atoms with Crippen LogP contribution in [0.25, 0.3) is 22.2 Å². The molecule has 0 spiro atoms. The van der Waals surface area contributed by atoms with Gasteiger partial charge < -0.3 is 10.3 Å². The normalized spacial score (nSPS) is 18.9. The van der Waals surface area contributed by atoms with Crippen LogP contribution in [0.15, 0.2) is 77.9 Å². The van der Waals surface area contributed by atoms with E-state index in [0.717, 1.165) is 34.1 Å². The second kappa shape index (κ2) is 6.92. The number of nitrogens with two attached hydrogens (primary N) is 1. The average Bonchev–Trinajstić information content (AvgIpc) is 3.57. The number of nitrogens with one attached hydrogen (secondary N) is 1. The fourth-order valence-electron chi connectivity index (χ4n) is 4.89. The fourth-order valence-corrected chi connectivity index (χ4v) is 4.89. The summed E-state index contributed by atoms with van der Waals surface area (Å²) in [7, 11) is 0. The second-order valence-electron chi connectivity index (χ2n) is 8.30. The van der Waals surface area contributed by atoms with E-state index in [0.29, 0.717) is 17.0 Å². The number of carbonyl (C=O) groups is 2. The molecular formula is C26H20N4O2. The van der Waals surface area contributed by atoms with Crippen molar-refractivity contribution in [3.63, 3.8) is 0 Å². The summed E-state index contributed by atoms with van der Waals surface area (Å²) >= 11 is 0. The molecule has 1 aromatic heterocycles. The van der Waals surface area contributed by atoms with Crippen LogP contribution in [0.3, 0.4) is 0 Å². The van der Waals surface area contributed by atoms with Crippen LogP contribution < -0.4 is 11.2 Å². The van der Waals surface area contributed by atoms with Crippen LogP contribution in [-0.2, 0) is 0 Å². The van der Waals surface area contributed by atoms with Crippen molar-refractivity contribution in [2.24, 2.45) is 10.8 Å². The summed E-state index contributed by atoms with van der Waals surface area (Å²) in [5, 5.41) is 4.97. The van der Waals surface area contributed by atoms with Crippen molar-refractivity contribution in [1.82, 2.24) is 9.99 Å². The molecule has 32 heavy (non-hydrogen) atoms. The molecule has 3 aromatic carbocycles. The highest BCUT2D eigenvalue weighted by molar-refractivity contribution is 6.19. The minimum Gasteiger partial charge on any atom is -0.366 e. The minimum absolute atomic E-state index is 0.204. The summed E-state index contributed by atoms with van der Waals surface area (Å²) in [4.78, 5) is 24.9. The first-order valence-electron chi connectivity index (χ1n) is 10.6. The van der Waals surface area contributed by atoms with Gasteiger partial charge in [-0.05, 0) is 29.7 Å². The molecule has 4 aromatic rings. The first-order chi connectivity index (χ1) is 15.6. The zero-order chi connectivity index (χ0) is 21.8. The van der Waals surface area contributed by atoms with Gasteiger partial charge in [-0.15, -0.1) is 0 Å². The van der Waals surface area contributed by atoms with E-state index in [1.54, 1.807) is 12.3 Å². The highest BCUT2D eigenvalue weighted by Crippen LogP contribution is 2.55. The lowest BCUT2D eigenvalue weighted by atomic mass is 10.00. The van der Waals surface area contributed by atoms with E-state index >= 15 is 0 Å². The molecule has 2 unspecified atom stereocenters. The number of amides is 2. The van der Waals surface area contributed by atoms with Crippen LogP contribution >= 0.6 is 0 Å². The van der Waals surface area contributed by atoms with E-state index in [4.69, 9.17) is 5.73 Å². The van der Waals surface area contributed by atoms with Gasteiger partial charge in [0.15, 0.2) is 0 Å². The summed E-state index contributed by atoms with van der Waals surface area (Å²) in [6.45, 7) is 0. The summed E-state index contributed by atoms with van der Waals surface area (Å²) in [5.41, 5.74) is 13.9. The maximum atomic E-state index is 12.8. The van der Waals surface area contributed by atoms with E-state index in [1.165, 1.54) is 5.56 Å². The molecule has 1 saturated carbocycles. The van der Waals surface area contributed by atoms with Gasteiger partial charge >= 0.3 is 0 Å². The largest absolute Gasteiger partial charge is 0.366 e. The highest BCUT2D eigenvalue weighted by atomic mass is 16.2. The van der Waals surface area contributed by atoms with E-state index < -0.39 is 5.91 Å². The van der Waals surface area contributed by atoms with Crippen molar-refractivity contribution in [2.45, 2.75) is 18.4 Å². The molecule has 1 aliphatic heterocycles. The highest BCUT2D eigenvalue weighted by Gasteiger charge is 2.43. The Bertz CT molecular complexity index is 1420. The number of hydrogen-bond acceptors (Lipinski definition) is 3. The standard InChI is InChI=1S/C26H20N4O2/c27-25(31)17-11-19-23-20(14-28-29-26(19)32)24(16-9-5-2-6-10-16)30(22(23)12-17)21-13-18(21)15-7-3-1-4-8-15/h1-12,14,18,21H,13H2,(H2,27,31)(H,29,32). The number of nitrogens with zero attached hydrogens (tertiary/aromatic N) is 2. The molecule has 0 radical (unpaired) electrons. The Hall–Kier alpha value is -4.19. The number of aromatic nitrogens is 1.